The van der Waals surface area contributed by atoms with Crippen molar-refractivity contribution >= 4 is 60.6 Å². The van der Waals surface area contributed by atoms with Gasteiger partial charge < -0.3 is 14.8 Å². The first-order chi connectivity index (χ1) is 18.1. The number of hydrogen-bond donors (Lipinski definition) is 3. The molecule has 0 unspecified atom stereocenters. The maximum Gasteiger partial charge on any atom is 0.261 e. The van der Waals surface area contributed by atoms with E-state index in [-0.39, 0.29) is 10.0 Å². The van der Waals surface area contributed by atoms with Crippen molar-refractivity contribution in [3.05, 3.63) is 76.8 Å². The number of thiocarbonyl (C=S) groups is 1. The zero-order chi connectivity index (χ0) is 27.7. The van der Waals surface area contributed by atoms with E-state index in [9.17, 15) is 13.2 Å². The van der Waals surface area contributed by atoms with Crippen LogP contribution in [0.4, 0.5) is 11.4 Å². The number of halogens is 1. The molecule has 0 atom stereocenters. The number of ether oxygens (including phenoxy) is 2. The monoisotopic (exact) mass is 619 g/mol. The third kappa shape index (κ3) is 8.71. The van der Waals surface area contributed by atoms with Crippen LogP contribution in [0, 0.1) is 5.92 Å². The molecule has 38 heavy (non-hydrogen) atoms. The van der Waals surface area contributed by atoms with E-state index in [1.54, 1.807) is 54.6 Å². The Bertz CT molecular complexity index is 1360. The fourth-order valence-corrected chi connectivity index (χ4v) is 4.98. The summed E-state index contributed by atoms with van der Waals surface area (Å²) in [4.78, 5) is 12.7. The molecule has 3 aromatic carbocycles. The van der Waals surface area contributed by atoms with Gasteiger partial charge in [0.25, 0.3) is 15.9 Å². The second kappa shape index (κ2) is 13.6. The normalized spacial score (nSPS) is 11.1. The van der Waals surface area contributed by atoms with Crippen molar-refractivity contribution in [2.75, 3.05) is 23.3 Å². The second-order valence-electron chi connectivity index (χ2n) is 8.67. The van der Waals surface area contributed by atoms with Crippen LogP contribution in [0.1, 0.15) is 37.6 Å². The van der Waals surface area contributed by atoms with Crippen molar-refractivity contribution in [1.29, 1.82) is 0 Å². The van der Waals surface area contributed by atoms with E-state index in [0.717, 1.165) is 6.42 Å². The highest BCUT2D eigenvalue weighted by atomic mass is 79.9. The van der Waals surface area contributed by atoms with E-state index in [0.29, 0.717) is 52.0 Å². The number of hydrogen-bond acceptors (Lipinski definition) is 6. The van der Waals surface area contributed by atoms with Crippen molar-refractivity contribution in [3.63, 3.8) is 0 Å². The number of nitrogens with one attached hydrogen (secondary N) is 3. The van der Waals surface area contributed by atoms with E-state index < -0.39 is 15.9 Å². The van der Waals surface area contributed by atoms with Crippen LogP contribution in [-0.4, -0.2) is 32.7 Å². The molecule has 3 rings (SSSR count). The lowest BCUT2D eigenvalue weighted by molar-refractivity contribution is 0.0977. The van der Waals surface area contributed by atoms with Crippen LogP contribution < -0.4 is 24.8 Å². The van der Waals surface area contributed by atoms with Gasteiger partial charge in [-0.05, 0) is 114 Å². The first kappa shape index (κ1) is 29.4. The van der Waals surface area contributed by atoms with Crippen LogP contribution in [0.15, 0.2) is 76.1 Å². The Kier molecular flexibility index (Phi) is 10.5. The first-order valence-corrected chi connectivity index (χ1v) is 14.7. The summed E-state index contributed by atoms with van der Waals surface area (Å²) in [7, 11) is -3.79. The Morgan fingerprint density at radius 3 is 2.24 bits per heavy atom. The highest BCUT2D eigenvalue weighted by molar-refractivity contribution is 9.10. The first-order valence-electron chi connectivity index (χ1n) is 12.0. The van der Waals surface area contributed by atoms with E-state index in [2.05, 4.69) is 45.1 Å². The van der Waals surface area contributed by atoms with Gasteiger partial charge in [-0.3, -0.25) is 14.8 Å². The van der Waals surface area contributed by atoms with Crippen LogP contribution in [0.2, 0.25) is 0 Å². The Morgan fingerprint density at radius 2 is 1.63 bits per heavy atom. The number of carbonyl (C=O) groups is 1. The molecular weight excluding hydrogens is 590 g/mol. The van der Waals surface area contributed by atoms with Gasteiger partial charge in [0, 0.05) is 16.9 Å². The minimum atomic E-state index is -3.79. The molecular formula is C27H30BrN3O5S2. The summed E-state index contributed by atoms with van der Waals surface area (Å²) < 4.78 is 39.8. The van der Waals surface area contributed by atoms with Crippen LogP contribution in [0.5, 0.6) is 11.5 Å². The summed E-state index contributed by atoms with van der Waals surface area (Å²) in [6, 6.07) is 17.7. The summed E-state index contributed by atoms with van der Waals surface area (Å²) in [5.41, 5.74) is 1.34. The summed E-state index contributed by atoms with van der Waals surface area (Å²) in [6.07, 6.45) is 0.931. The van der Waals surface area contributed by atoms with Gasteiger partial charge in [-0.1, -0.05) is 13.8 Å². The summed E-state index contributed by atoms with van der Waals surface area (Å²) >= 11 is 8.70. The van der Waals surface area contributed by atoms with E-state index in [1.165, 1.54) is 12.1 Å². The van der Waals surface area contributed by atoms with Crippen molar-refractivity contribution in [1.82, 2.24) is 5.32 Å². The number of benzene rings is 3. The van der Waals surface area contributed by atoms with Crippen molar-refractivity contribution < 1.29 is 22.7 Å². The number of carbonyl (C=O) groups excluding carboxylic acids is 1. The van der Waals surface area contributed by atoms with E-state index in [1.807, 2.05) is 6.92 Å². The van der Waals surface area contributed by atoms with Crippen LogP contribution in [0.3, 0.4) is 0 Å². The van der Waals surface area contributed by atoms with Crippen molar-refractivity contribution in [2.24, 2.45) is 5.92 Å². The van der Waals surface area contributed by atoms with Crippen molar-refractivity contribution in [2.45, 2.75) is 32.1 Å². The topological polar surface area (TPSA) is 106 Å². The second-order valence-corrected chi connectivity index (χ2v) is 11.6. The minimum Gasteiger partial charge on any atom is -0.494 e. The molecule has 3 N–H and O–H groups in total. The van der Waals surface area contributed by atoms with Crippen LogP contribution in [0.25, 0.3) is 0 Å². The fourth-order valence-electron chi connectivity index (χ4n) is 3.22. The van der Waals surface area contributed by atoms with Gasteiger partial charge in [0.2, 0.25) is 0 Å². The lowest BCUT2D eigenvalue weighted by Gasteiger charge is -2.13. The molecule has 1 amide bonds. The Labute approximate surface area is 237 Å². The van der Waals surface area contributed by atoms with Gasteiger partial charge in [-0.25, -0.2) is 8.42 Å². The molecule has 0 fully saturated rings. The third-order valence-electron chi connectivity index (χ3n) is 5.21. The SMILES string of the molecule is CCOc1ccc(NS(=O)(=O)c2ccc(NC(=S)NC(=O)c3ccc(OCCC(C)C)c(Br)c3)cc2)cc1. The van der Waals surface area contributed by atoms with Crippen LogP contribution in [-0.2, 0) is 10.0 Å². The Balaban J connectivity index is 1.55. The molecule has 0 aromatic heterocycles. The molecule has 3 aromatic rings. The van der Waals surface area contributed by atoms with Crippen LogP contribution >= 0.6 is 28.1 Å². The van der Waals surface area contributed by atoms with Gasteiger partial charge in [0.15, 0.2) is 5.11 Å². The summed E-state index contributed by atoms with van der Waals surface area (Å²) in [5, 5.41) is 5.58. The molecule has 0 spiro atoms. The molecule has 0 aliphatic carbocycles. The summed E-state index contributed by atoms with van der Waals surface area (Å²) in [5.74, 6) is 1.46. The molecule has 0 saturated carbocycles. The van der Waals surface area contributed by atoms with E-state index in [4.69, 9.17) is 21.7 Å². The maximum absolute atomic E-state index is 12.7. The van der Waals surface area contributed by atoms with Crippen molar-refractivity contribution in [3.8, 4) is 11.5 Å². The molecule has 202 valence electrons. The average Bonchev–Trinajstić information content (AvgIpc) is 2.86. The van der Waals surface area contributed by atoms with Gasteiger partial charge in [0.05, 0.1) is 22.6 Å². The predicted octanol–water partition coefficient (Wildman–Crippen LogP) is 6.20. The smallest absolute Gasteiger partial charge is 0.261 e. The number of sulfonamides is 1. The molecule has 0 radical (unpaired) electrons. The standard InChI is InChI=1S/C27H30BrN3O5S2/c1-4-35-22-10-6-21(7-11-22)31-38(33,34)23-12-8-20(9-13-23)29-27(37)30-26(32)19-5-14-25(24(28)17-19)36-16-15-18(2)3/h5-14,17-18,31H,4,15-16H2,1-3H3,(H2,29,30,32,37). The third-order valence-corrected chi connectivity index (χ3v) is 7.43. The lowest BCUT2D eigenvalue weighted by atomic mass is 10.1. The maximum atomic E-state index is 12.7. The zero-order valence-electron chi connectivity index (χ0n) is 21.3. The molecule has 0 aliphatic rings. The quantitative estimate of drug-likeness (QED) is 0.219. The lowest BCUT2D eigenvalue weighted by Crippen LogP contribution is -2.34. The Hall–Kier alpha value is -3.15. The number of anilines is 2. The van der Waals surface area contributed by atoms with Gasteiger partial charge in [-0.15, -0.1) is 0 Å². The number of amides is 1. The van der Waals surface area contributed by atoms with Gasteiger partial charge in [0.1, 0.15) is 11.5 Å². The molecule has 0 heterocycles. The summed E-state index contributed by atoms with van der Waals surface area (Å²) in [6.45, 7) is 7.24. The zero-order valence-corrected chi connectivity index (χ0v) is 24.5. The minimum absolute atomic E-state index is 0.0755. The molecule has 0 saturated heterocycles. The largest absolute Gasteiger partial charge is 0.494 e. The predicted molar refractivity (Wildman–Crippen MR) is 158 cm³/mol. The Morgan fingerprint density at radius 1 is 0.974 bits per heavy atom. The van der Waals surface area contributed by atoms with Gasteiger partial charge in [-0.2, -0.15) is 0 Å². The molecule has 0 bridgehead atoms. The average molecular weight is 621 g/mol. The fraction of sp³-hybridized carbons (Fsp3) is 0.259. The van der Waals surface area contributed by atoms with Gasteiger partial charge >= 0.3 is 0 Å². The van der Waals surface area contributed by atoms with E-state index >= 15 is 0 Å². The number of rotatable bonds is 11. The molecule has 0 aliphatic heterocycles. The molecule has 11 heteroatoms. The highest BCUT2D eigenvalue weighted by Crippen LogP contribution is 2.26. The molecule has 8 nitrogen and oxygen atoms in total. The highest BCUT2D eigenvalue weighted by Gasteiger charge is 2.15.